The molecule has 0 aromatic carbocycles. The predicted octanol–water partition coefficient (Wildman–Crippen LogP) is 2.94. The van der Waals surface area contributed by atoms with Gasteiger partial charge in [-0.3, -0.25) is 4.68 Å². The molecule has 4 nitrogen and oxygen atoms in total. The van der Waals surface area contributed by atoms with E-state index in [1.165, 1.54) is 6.42 Å². The van der Waals surface area contributed by atoms with E-state index in [0.717, 1.165) is 31.5 Å². The summed E-state index contributed by atoms with van der Waals surface area (Å²) < 4.78 is 7.35. The van der Waals surface area contributed by atoms with Crippen LogP contribution in [0, 0.1) is 0 Å². The van der Waals surface area contributed by atoms with Crippen LogP contribution in [0.2, 0.25) is 5.02 Å². The van der Waals surface area contributed by atoms with Gasteiger partial charge in [-0.25, -0.2) is 0 Å². The first-order valence-corrected chi connectivity index (χ1v) is 6.94. The lowest BCUT2D eigenvalue weighted by molar-refractivity contribution is -0.101. The number of nitrogens with zero attached hydrogens (tertiary/aromatic N) is 2. The standard InChI is InChI=1S/C13H21ClN2O2/c1-3-7-16-12(10(14)9-15-16)11(17)8-13(18-2)5-4-6-13/h9,11,17H,3-8H2,1-2H3. The van der Waals surface area contributed by atoms with Gasteiger partial charge in [-0.2, -0.15) is 5.10 Å². The number of aryl methyl sites for hydroxylation is 1. The molecular weight excluding hydrogens is 252 g/mol. The van der Waals surface area contributed by atoms with Crippen molar-refractivity contribution in [2.45, 2.75) is 57.3 Å². The summed E-state index contributed by atoms with van der Waals surface area (Å²) in [7, 11) is 1.72. The molecule has 1 N–H and O–H groups in total. The molecule has 1 aliphatic rings. The van der Waals surface area contributed by atoms with Gasteiger partial charge < -0.3 is 9.84 Å². The Hall–Kier alpha value is -0.580. The molecular formula is C13H21ClN2O2. The van der Waals surface area contributed by atoms with Crippen LogP contribution in [-0.2, 0) is 11.3 Å². The Morgan fingerprint density at radius 1 is 1.61 bits per heavy atom. The van der Waals surface area contributed by atoms with Gasteiger partial charge in [-0.15, -0.1) is 0 Å². The van der Waals surface area contributed by atoms with Crippen LogP contribution in [0.25, 0.3) is 0 Å². The average molecular weight is 273 g/mol. The number of aromatic nitrogens is 2. The van der Waals surface area contributed by atoms with Crippen LogP contribution in [0.1, 0.15) is 50.8 Å². The van der Waals surface area contributed by atoms with Gasteiger partial charge in [0.05, 0.1) is 28.6 Å². The zero-order valence-corrected chi connectivity index (χ0v) is 11.8. The molecule has 0 radical (unpaired) electrons. The van der Waals surface area contributed by atoms with Gasteiger partial charge in [-0.1, -0.05) is 18.5 Å². The first kappa shape index (κ1) is 13.8. The van der Waals surface area contributed by atoms with Crippen molar-refractivity contribution < 1.29 is 9.84 Å². The fraction of sp³-hybridized carbons (Fsp3) is 0.769. The normalized spacial score (nSPS) is 19.6. The molecule has 18 heavy (non-hydrogen) atoms. The van der Waals surface area contributed by atoms with E-state index in [1.807, 2.05) is 0 Å². The highest BCUT2D eigenvalue weighted by Crippen LogP contribution is 2.42. The maximum Gasteiger partial charge on any atom is 0.0999 e. The highest BCUT2D eigenvalue weighted by molar-refractivity contribution is 6.31. The van der Waals surface area contributed by atoms with Gasteiger partial charge in [-0.05, 0) is 25.7 Å². The van der Waals surface area contributed by atoms with E-state index in [4.69, 9.17) is 16.3 Å². The molecule has 1 unspecified atom stereocenters. The Balaban J connectivity index is 2.12. The smallest absolute Gasteiger partial charge is 0.0999 e. The van der Waals surface area contributed by atoms with Crippen LogP contribution >= 0.6 is 11.6 Å². The van der Waals surface area contributed by atoms with Crippen LogP contribution in [0.3, 0.4) is 0 Å². The van der Waals surface area contributed by atoms with Crippen molar-refractivity contribution in [2.75, 3.05) is 7.11 Å². The number of aliphatic hydroxyl groups excluding tert-OH is 1. The summed E-state index contributed by atoms with van der Waals surface area (Å²) >= 11 is 6.12. The highest BCUT2D eigenvalue weighted by atomic mass is 35.5. The third-order valence-corrected chi connectivity index (χ3v) is 4.14. The van der Waals surface area contributed by atoms with Gasteiger partial charge in [0.25, 0.3) is 0 Å². The van der Waals surface area contributed by atoms with E-state index in [2.05, 4.69) is 12.0 Å². The number of aliphatic hydroxyl groups is 1. The number of hydrogen-bond donors (Lipinski definition) is 1. The van der Waals surface area contributed by atoms with Gasteiger partial charge >= 0.3 is 0 Å². The second-order valence-corrected chi connectivity index (χ2v) is 5.47. The van der Waals surface area contributed by atoms with E-state index in [-0.39, 0.29) is 5.60 Å². The quantitative estimate of drug-likeness (QED) is 0.866. The monoisotopic (exact) mass is 272 g/mol. The minimum absolute atomic E-state index is 0.163. The predicted molar refractivity (Wildman–Crippen MR) is 70.7 cm³/mol. The second kappa shape index (κ2) is 5.59. The molecule has 1 aliphatic carbocycles. The third kappa shape index (κ3) is 2.56. The largest absolute Gasteiger partial charge is 0.387 e. The number of ether oxygens (including phenoxy) is 1. The van der Waals surface area contributed by atoms with E-state index in [1.54, 1.807) is 18.0 Å². The van der Waals surface area contributed by atoms with E-state index < -0.39 is 6.10 Å². The Labute approximate surface area is 113 Å². The number of halogens is 1. The molecule has 1 aromatic heterocycles. The highest BCUT2D eigenvalue weighted by Gasteiger charge is 2.40. The third-order valence-electron chi connectivity index (χ3n) is 3.85. The lowest BCUT2D eigenvalue weighted by atomic mass is 9.76. The Morgan fingerprint density at radius 2 is 2.33 bits per heavy atom. The number of rotatable bonds is 6. The molecule has 2 rings (SSSR count). The van der Waals surface area contributed by atoms with Crippen LogP contribution in [0.4, 0.5) is 0 Å². The second-order valence-electron chi connectivity index (χ2n) is 5.06. The van der Waals surface area contributed by atoms with Crippen molar-refractivity contribution >= 4 is 11.6 Å². The molecule has 0 amide bonds. The average Bonchev–Trinajstić information content (AvgIpc) is 2.66. The Kier molecular flexibility index (Phi) is 4.30. The number of methoxy groups -OCH3 is 1. The summed E-state index contributed by atoms with van der Waals surface area (Å²) in [5.74, 6) is 0. The molecule has 5 heteroatoms. The summed E-state index contributed by atoms with van der Waals surface area (Å²) in [6, 6.07) is 0. The maximum atomic E-state index is 10.4. The molecule has 0 saturated heterocycles. The topological polar surface area (TPSA) is 47.3 Å². The molecule has 0 bridgehead atoms. The lowest BCUT2D eigenvalue weighted by Crippen LogP contribution is -2.40. The van der Waals surface area contributed by atoms with Crippen molar-refractivity contribution in [3.63, 3.8) is 0 Å². The van der Waals surface area contributed by atoms with Crippen LogP contribution in [0.15, 0.2) is 6.20 Å². The van der Waals surface area contributed by atoms with Gasteiger partial charge in [0.1, 0.15) is 0 Å². The molecule has 102 valence electrons. The molecule has 1 fully saturated rings. The summed E-state index contributed by atoms with van der Waals surface area (Å²) in [5, 5.41) is 15.2. The summed E-state index contributed by atoms with van der Waals surface area (Å²) in [5.41, 5.74) is 0.561. The van der Waals surface area contributed by atoms with E-state index >= 15 is 0 Å². The van der Waals surface area contributed by atoms with Crippen molar-refractivity contribution in [1.29, 1.82) is 0 Å². The summed E-state index contributed by atoms with van der Waals surface area (Å²) in [6.07, 6.45) is 5.76. The van der Waals surface area contributed by atoms with Crippen molar-refractivity contribution in [1.82, 2.24) is 9.78 Å². The maximum absolute atomic E-state index is 10.4. The summed E-state index contributed by atoms with van der Waals surface area (Å²) in [6.45, 7) is 2.85. The first-order valence-electron chi connectivity index (χ1n) is 6.56. The van der Waals surface area contributed by atoms with Gasteiger partial charge in [0.2, 0.25) is 0 Å². The van der Waals surface area contributed by atoms with Crippen LogP contribution in [-0.4, -0.2) is 27.6 Å². The minimum atomic E-state index is -0.605. The van der Waals surface area contributed by atoms with E-state index in [9.17, 15) is 5.11 Å². The Bertz CT molecular complexity index is 396. The molecule has 1 atom stereocenters. The zero-order chi connectivity index (χ0) is 13.2. The SMILES string of the molecule is CCCn1ncc(Cl)c1C(O)CC1(OC)CCC1. The summed E-state index contributed by atoms with van der Waals surface area (Å²) in [4.78, 5) is 0. The molecule has 0 aliphatic heterocycles. The van der Waals surface area contributed by atoms with Crippen LogP contribution < -0.4 is 0 Å². The fourth-order valence-corrected chi connectivity index (χ4v) is 2.87. The lowest BCUT2D eigenvalue weighted by Gasteiger charge is -2.41. The first-order chi connectivity index (χ1) is 8.62. The number of hydrogen-bond acceptors (Lipinski definition) is 3. The van der Waals surface area contributed by atoms with Crippen LogP contribution in [0.5, 0.6) is 0 Å². The minimum Gasteiger partial charge on any atom is -0.387 e. The van der Waals surface area contributed by atoms with Crippen molar-refractivity contribution in [2.24, 2.45) is 0 Å². The fourth-order valence-electron chi connectivity index (χ4n) is 2.60. The zero-order valence-electron chi connectivity index (χ0n) is 11.0. The molecule has 0 spiro atoms. The molecule has 1 aromatic rings. The van der Waals surface area contributed by atoms with Gasteiger partial charge in [0, 0.05) is 20.1 Å². The van der Waals surface area contributed by atoms with Gasteiger partial charge in [0.15, 0.2) is 0 Å². The molecule has 1 saturated carbocycles. The Morgan fingerprint density at radius 3 is 2.83 bits per heavy atom. The van der Waals surface area contributed by atoms with E-state index in [0.29, 0.717) is 11.4 Å². The van der Waals surface area contributed by atoms with Crippen molar-refractivity contribution in [3.05, 3.63) is 16.9 Å². The molecule has 1 heterocycles. The van der Waals surface area contributed by atoms with Crippen molar-refractivity contribution in [3.8, 4) is 0 Å².